The van der Waals surface area contributed by atoms with E-state index in [2.05, 4.69) is 20.6 Å². The number of carbonyl (C=O) groups is 1. The molecule has 2 heterocycles. The van der Waals surface area contributed by atoms with Gasteiger partial charge < -0.3 is 14.6 Å². The number of hydrogen-bond donors (Lipinski definition) is 1. The third-order valence-electron chi connectivity index (χ3n) is 2.94. The second-order valence-electron chi connectivity index (χ2n) is 4.31. The number of nitrogens with one attached hydrogen (secondary N) is 1. The van der Waals surface area contributed by atoms with Crippen LogP contribution in [0.5, 0.6) is 0 Å². The lowest BCUT2D eigenvalue weighted by atomic mass is 10.2. The quantitative estimate of drug-likeness (QED) is 0.749. The molecule has 0 spiro atoms. The first-order valence-electron chi connectivity index (χ1n) is 6.35. The van der Waals surface area contributed by atoms with Gasteiger partial charge in [0.15, 0.2) is 0 Å². The molecule has 2 aromatic rings. The molecule has 0 fully saturated rings. The first-order chi connectivity index (χ1) is 9.63. The van der Waals surface area contributed by atoms with Crippen LogP contribution in [0.15, 0.2) is 12.5 Å². The summed E-state index contributed by atoms with van der Waals surface area (Å²) in [4.78, 5) is 11.8. The molecule has 0 saturated heterocycles. The lowest BCUT2D eigenvalue weighted by Crippen LogP contribution is -2.20. The number of carbonyl (C=O) groups excluding carboxylic acids is 1. The second kappa shape index (κ2) is 6.29. The molecule has 2 rings (SSSR count). The fourth-order valence-electron chi connectivity index (χ4n) is 1.81. The van der Waals surface area contributed by atoms with E-state index in [-0.39, 0.29) is 5.97 Å². The molecule has 0 aromatic carbocycles. The van der Waals surface area contributed by atoms with Gasteiger partial charge in [-0.25, -0.2) is 4.79 Å². The molecule has 108 valence electrons. The van der Waals surface area contributed by atoms with Crippen molar-refractivity contribution in [3.63, 3.8) is 0 Å². The zero-order valence-electron chi connectivity index (χ0n) is 11.8. The van der Waals surface area contributed by atoms with E-state index < -0.39 is 0 Å². The van der Waals surface area contributed by atoms with Gasteiger partial charge in [0.25, 0.3) is 0 Å². The molecule has 8 heteroatoms. The van der Waals surface area contributed by atoms with Gasteiger partial charge in [-0.15, -0.1) is 10.2 Å². The van der Waals surface area contributed by atoms with Crippen LogP contribution in [0.4, 0.5) is 0 Å². The number of rotatable bonds is 6. The Hall–Kier alpha value is -2.22. The van der Waals surface area contributed by atoms with Crippen LogP contribution in [0, 0.1) is 0 Å². The highest BCUT2D eigenvalue weighted by Crippen LogP contribution is 2.09. The van der Waals surface area contributed by atoms with Gasteiger partial charge in [-0.2, -0.15) is 5.10 Å². The van der Waals surface area contributed by atoms with Crippen LogP contribution in [0.3, 0.4) is 0 Å². The van der Waals surface area contributed by atoms with E-state index in [0.29, 0.717) is 25.3 Å². The molecule has 8 nitrogen and oxygen atoms in total. The van der Waals surface area contributed by atoms with Crippen molar-refractivity contribution in [2.24, 2.45) is 14.1 Å². The highest BCUT2D eigenvalue weighted by atomic mass is 16.5. The largest absolute Gasteiger partial charge is 0.462 e. The standard InChI is InChI=1S/C12H18N6O2/c1-4-20-12(19)9-5-15-18(3)10(9)6-13-7-11-16-14-8-17(11)2/h5,8,13H,4,6-7H2,1-3H3. The topological polar surface area (TPSA) is 86.9 Å². The molecule has 0 atom stereocenters. The Bertz CT molecular complexity index is 589. The van der Waals surface area contributed by atoms with E-state index >= 15 is 0 Å². The first-order valence-corrected chi connectivity index (χ1v) is 6.35. The van der Waals surface area contributed by atoms with Gasteiger partial charge in [-0.3, -0.25) is 4.68 Å². The lowest BCUT2D eigenvalue weighted by Gasteiger charge is -2.07. The number of aromatic nitrogens is 5. The van der Waals surface area contributed by atoms with Gasteiger partial charge in [-0.05, 0) is 6.92 Å². The van der Waals surface area contributed by atoms with Crippen LogP contribution in [0.1, 0.15) is 28.8 Å². The fourth-order valence-corrected chi connectivity index (χ4v) is 1.81. The molecule has 2 aromatic heterocycles. The summed E-state index contributed by atoms with van der Waals surface area (Å²) in [6.45, 7) is 3.18. The zero-order valence-corrected chi connectivity index (χ0v) is 11.8. The molecular weight excluding hydrogens is 260 g/mol. The van der Waals surface area contributed by atoms with Crippen molar-refractivity contribution in [2.45, 2.75) is 20.0 Å². The predicted molar refractivity (Wildman–Crippen MR) is 70.7 cm³/mol. The maximum absolute atomic E-state index is 11.8. The average Bonchev–Trinajstić information content (AvgIpc) is 2.98. The van der Waals surface area contributed by atoms with Crippen molar-refractivity contribution < 1.29 is 9.53 Å². The Labute approximate surface area is 116 Å². The minimum atomic E-state index is -0.351. The van der Waals surface area contributed by atoms with Crippen LogP contribution in [0.2, 0.25) is 0 Å². The summed E-state index contributed by atoms with van der Waals surface area (Å²) in [6, 6.07) is 0. The van der Waals surface area contributed by atoms with Crippen LogP contribution in [-0.4, -0.2) is 37.1 Å². The summed E-state index contributed by atoms with van der Waals surface area (Å²) in [5.41, 5.74) is 1.27. The molecule has 0 bridgehead atoms. The molecule has 0 radical (unpaired) electrons. The van der Waals surface area contributed by atoms with Crippen molar-refractivity contribution in [1.29, 1.82) is 0 Å². The van der Waals surface area contributed by atoms with E-state index in [1.54, 1.807) is 25.0 Å². The van der Waals surface area contributed by atoms with Gasteiger partial charge in [0.1, 0.15) is 17.7 Å². The highest BCUT2D eigenvalue weighted by Gasteiger charge is 2.16. The monoisotopic (exact) mass is 278 g/mol. The maximum atomic E-state index is 11.8. The van der Waals surface area contributed by atoms with Gasteiger partial charge in [-0.1, -0.05) is 0 Å². The number of ether oxygens (including phenoxy) is 1. The Morgan fingerprint density at radius 3 is 2.85 bits per heavy atom. The van der Waals surface area contributed by atoms with Gasteiger partial charge in [0, 0.05) is 20.6 Å². The molecule has 20 heavy (non-hydrogen) atoms. The molecule has 0 amide bonds. The molecule has 0 aliphatic carbocycles. The van der Waals surface area contributed by atoms with E-state index in [0.717, 1.165) is 11.5 Å². The van der Waals surface area contributed by atoms with Crippen LogP contribution in [-0.2, 0) is 31.9 Å². The fraction of sp³-hybridized carbons (Fsp3) is 0.500. The normalized spacial score (nSPS) is 10.8. The van der Waals surface area contributed by atoms with Crippen molar-refractivity contribution in [1.82, 2.24) is 29.9 Å². The minimum Gasteiger partial charge on any atom is -0.462 e. The maximum Gasteiger partial charge on any atom is 0.341 e. The summed E-state index contributed by atoms with van der Waals surface area (Å²) in [7, 11) is 3.67. The van der Waals surface area contributed by atoms with Crippen molar-refractivity contribution in [3.8, 4) is 0 Å². The van der Waals surface area contributed by atoms with E-state index in [9.17, 15) is 4.79 Å². The Kier molecular flexibility index (Phi) is 4.46. The Morgan fingerprint density at radius 1 is 1.40 bits per heavy atom. The Morgan fingerprint density at radius 2 is 2.20 bits per heavy atom. The summed E-state index contributed by atoms with van der Waals surface area (Å²) in [6.07, 6.45) is 3.17. The zero-order chi connectivity index (χ0) is 14.5. The summed E-state index contributed by atoms with van der Waals surface area (Å²) < 4.78 is 8.51. The third kappa shape index (κ3) is 3.02. The van der Waals surface area contributed by atoms with Crippen LogP contribution >= 0.6 is 0 Å². The number of nitrogens with zero attached hydrogens (tertiary/aromatic N) is 5. The minimum absolute atomic E-state index is 0.347. The smallest absolute Gasteiger partial charge is 0.341 e. The molecular formula is C12H18N6O2. The van der Waals surface area contributed by atoms with Crippen molar-refractivity contribution in [3.05, 3.63) is 29.6 Å². The van der Waals surface area contributed by atoms with Gasteiger partial charge >= 0.3 is 5.97 Å². The second-order valence-corrected chi connectivity index (χ2v) is 4.31. The molecule has 0 unspecified atom stereocenters. The number of aryl methyl sites for hydroxylation is 2. The summed E-state index contributed by atoms with van der Waals surface area (Å²) in [5.74, 6) is 0.473. The third-order valence-corrected chi connectivity index (χ3v) is 2.94. The summed E-state index contributed by atoms with van der Waals surface area (Å²) in [5, 5.41) is 15.1. The van der Waals surface area contributed by atoms with Crippen LogP contribution < -0.4 is 5.32 Å². The lowest BCUT2D eigenvalue weighted by molar-refractivity contribution is 0.0524. The average molecular weight is 278 g/mol. The van der Waals surface area contributed by atoms with Gasteiger partial charge in [0.2, 0.25) is 0 Å². The summed E-state index contributed by atoms with van der Waals surface area (Å²) >= 11 is 0. The molecule has 0 aliphatic rings. The molecule has 1 N–H and O–H groups in total. The van der Waals surface area contributed by atoms with Crippen molar-refractivity contribution in [2.75, 3.05) is 6.61 Å². The highest BCUT2D eigenvalue weighted by molar-refractivity contribution is 5.90. The Balaban J connectivity index is 2.00. The van der Waals surface area contributed by atoms with Crippen LogP contribution in [0.25, 0.3) is 0 Å². The number of hydrogen-bond acceptors (Lipinski definition) is 6. The van der Waals surface area contributed by atoms with Gasteiger partial charge in [0.05, 0.1) is 25.0 Å². The van der Waals surface area contributed by atoms with E-state index in [1.807, 2.05) is 11.6 Å². The molecule has 0 aliphatic heterocycles. The first kappa shape index (κ1) is 14.2. The van der Waals surface area contributed by atoms with E-state index in [1.165, 1.54) is 6.20 Å². The molecule has 0 saturated carbocycles. The van der Waals surface area contributed by atoms with E-state index in [4.69, 9.17) is 4.74 Å². The predicted octanol–water partition coefficient (Wildman–Crippen LogP) is 0.0151. The van der Waals surface area contributed by atoms with Crippen molar-refractivity contribution >= 4 is 5.97 Å². The SMILES string of the molecule is CCOC(=O)c1cnn(C)c1CNCc1nncn1C. The number of esters is 1.